The molecule has 0 heterocycles. The minimum Gasteiger partial charge on any atom is -0.483 e. The summed E-state index contributed by atoms with van der Waals surface area (Å²) in [6.45, 7) is 9.25. The Hall–Kier alpha value is -2.34. The summed E-state index contributed by atoms with van der Waals surface area (Å²) >= 11 is 3.55. The second-order valence-electron chi connectivity index (χ2n) is 8.52. The second kappa shape index (κ2) is 14.0. The van der Waals surface area contributed by atoms with Crippen LogP contribution in [0.4, 0.5) is 0 Å². The van der Waals surface area contributed by atoms with Crippen molar-refractivity contribution < 1.29 is 14.3 Å². The third-order valence-electron chi connectivity index (χ3n) is 5.67. The Labute approximate surface area is 207 Å². The van der Waals surface area contributed by atoms with Crippen molar-refractivity contribution in [1.29, 1.82) is 0 Å². The Morgan fingerprint density at radius 1 is 1.09 bits per heavy atom. The fourth-order valence-electron chi connectivity index (χ4n) is 3.62. The van der Waals surface area contributed by atoms with Crippen molar-refractivity contribution >= 4 is 27.7 Å². The number of hydrogen-bond acceptors (Lipinski definition) is 3. The van der Waals surface area contributed by atoms with Crippen molar-refractivity contribution in [3.8, 4) is 5.75 Å². The number of carbonyl (C=O) groups is 2. The molecule has 0 aliphatic heterocycles. The van der Waals surface area contributed by atoms with Gasteiger partial charge in [-0.2, -0.15) is 0 Å². The van der Waals surface area contributed by atoms with Crippen LogP contribution in [-0.4, -0.2) is 42.5 Å². The number of halogens is 1. The number of nitrogens with zero attached hydrogens (tertiary/aromatic N) is 1. The van der Waals surface area contributed by atoms with Crippen LogP contribution in [0.25, 0.3) is 0 Å². The van der Waals surface area contributed by atoms with Crippen molar-refractivity contribution in [3.63, 3.8) is 0 Å². The standard InChI is InChI=1S/C27H37BrN2O3/c1-5-7-16-29-27(32)24(6-2)30(17-15-21-11-9-8-10-12-21)26(31)19-33-25-14-13-22(20(3)4)18-23(25)28/h8-14,18,20,24H,5-7,15-17,19H2,1-4H3,(H,29,32)/t24-/m0/s1. The van der Waals surface area contributed by atoms with E-state index in [9.17, 15) is 9.59 Å². The van der Waals surface area contributed by atoms with Crippen LogP contribution in [0.2, 0.25) is 0 Å². The number of hydrogen-bond donors (Lipinski definition) is 1. The van der Waals surface area contributed by atoms with Gasteiger partial charge in [0.2, 0.25) is 5.91 Å². The zero-order chi connectivity index (χ0) is 24.2. The first-order valence-corrected chi connectivity index (χ1v) is 12.7. The van der Waals surface area contributed by atoms with Gasteiger partial charge in [0.1, 0.15) is 11.8 Å². The lowest BCUT2D eigenvalue weighted by Gasteiger charge is -2.30. The summed E-state index contributed by atoms with van der Waals surface area (Å²) in [5, 5.41) is 2.99. The van der Waals surface area contributed by atoms with E-state index in [-0.39, 0.29) is 18.4 Å². The van der Waals surface area contributed by atoms with E-state index in [2.05, 4.69) is 42.0 Å². The predicted molar refractivity (Wildman–Crippen MR) is 138 cm³/mol. The SMILES string of the molecule is CCCCNC(=O)[C@H](CC)N(CCc1ccccc1)C(=O)COc1ccc(C(C)C)cc1Br. The molecule has 6 heteroatoms. The highest BCUT2D eigenvalue weighted by molar-refractivity contribution is 9.10. The van der Waals surface area contributed by atoms with Gasteiger partial charge in [-0.05, 0) is 64.4 Å². The fraction of sp³-hybridized carbons (Fsp3) is 0.481. The first-order chi connectivity index (χ1) is 15.9. The monoisotopic (exact) mass is 516 g/mol. The second-order valence-corrected chi connectivity index (χ2v) is 9.38. The lowest BCUT2D eigenvalue weighted by molar-refractivity contribution is -0.142. The van der Waals surface area contributed by atoms with Crippen molar-refractivity contribution in [2.45, 2.75) is 65.3 Å². The smallest absolute Gasteiger partial charge is 0.261 e. The average molecular weight is 518 g/mol. The van der Waals surface area contributed by atoms with Gasteiger partial charge in [-0.1, -0.05) is 70.5 Å². The Morgan fingerprint density at radius 3 is 2.42 bits per heavy atom. The lowest BCUT2D eigenvalue weighted by Crippen LogP contribution is -2.51. The molecule has 1 atom stereocenters. The molecule has 0 bridgehead atoms. The van der Waals surface area contributed by atoms with E-state index in [1.165, 1.54) is 5.56 Å². The van der Waals surface area contributed by atoms with E-state index in [1.54, 1.807) is 4.90 Å². The molecule has 0 fully saturated rings. The van der Waals surface area contributed by atoms with Gasteiger partial charge in [0.25, 0.3) is 5.91 Å². The normalized spacial score (nSPS) is 11.8. The van der Waals surface area contributed by atoms with Gasteiger partial charge in [0.05, 0.1) is 4.47 Å². The molecule has 0 saturated heterocycles. The molecule has 1 N–H and O–H groups in total. The number of unbranched alkanes of at least 4 members (excludes halogenated alkanes) is 1. The van der Waals surface area contributed by atoms with Crippen molar-refractivity contribution in [2.24, 2.45) is 0 Å². The van der Waals surface area contributed by atoms with E-state index in [0.717, 1.165) is 22.9 Å². The van der Waals surface area contributed by atoms with E-state index >= 15 is 0 Å². The van der Waals surface area contributed by atoms with Gasteiger partial charge in [0.15, 0.2) is 6.61 Å². The number of nitrogens with one attached hydrogen (secondary N) is 1. The van der Waals surface area contributed by atoms with Gasteiger partial charge in [0, 0.05) is 13.1 Å². The average Bonchev–Trinajstić information content (AvgIpc) is 2.81. The quantitative estimate of drug-likeness (QED) is 0.346. The molecule has 0 saturated carbocycles. The predicted octanol–water partition coefficient (Wildman–Crippen LogP) is 5.72. The van der Waals surface area contributed by atoms with E-state index < -0.39 is 6.04 Å². The highest BCUT2D eigenvalue weighted by Gasteiger charge is 2.28. The molecule has 180 valence electrons. The van der Waals surface area contributed by atoms with Crippen LogP contribution in [-0.2, 0) is 16.0 Å². The summed E-state index contributed by atoms with van der Waals surface area (Å²) in [4.78, 5) is 27.8. The summed E-state index contributed by atoms with van der Waals surface area (Å²) in [5.41, 5.74) is 2.32. The summed E-state index contributed by atoms with van der Waals surface area (Å²) in [5.74, 6) is 0.733. The van der Waals surface area contributed by atoms with Crippen LogP contribution in [0.3, 0.4) is 0 Å². The molecule has 0 radical (unpaired) electrons. The molecule has 33 heavy (non-hydrogen) atoms. The van der Waals surface area contributed by atoms with Crippen LogP contribution in [0, 0.1) is 0 Å². The van der Waals surface area contributed by atoms with E-state index in [1.807, 2.05) is 55.5 Å². The molecule has 0 spiro atoms. The number of ether oxygens (including phenoxy) is 1. The van der Waals surface area contributed by atoms with Crippen LogP contribution in [0.1, 0.15) is 64.0 Å². The van der Waals surface area contributed by atoms with Crippen LogP contribution in [0.15, 0.2) is 53.0 Å². The molecular formula is C27H37BrN2O3. The van der Waals surface area contributed by atoms with Gasteiger partial charge in [-0.3, -0.25) is 9.59 Å². The lowest BCUT2D eigenvalue weighted by atomic mass is 10.0. The molecule has 2 rings (SSSR count). The van der Waals surface area contributed by atoms with Gasteiger partial charge >= 0.3 is 0 Å². The first-order valence-electron chi connectivity index (χ1n) is 11.9. The van der Waals surface area contributed by atoms with Crippen LogP contribution < -0.4 is 10.1 Å². The maximum absolute atomic E-state index is 13.3. The highest BCUT2D eigenvalue weighted by atomic mass is 79.9. The number of amides is 2. The van der Waals surface area contributed by atoms with Crippen LogP contribution >= 0.6 is 15.9 Å². The number of rotatable bonds is 13. The zero-order valence-electron chi connectivity index (χ0n) is 20.3. The minimum atomic E-state index is -0.520. The summed E-state index contributed by atoms with van der Waals surface area (Å²) < 4.78 is 6.69. The molecule has 2 amide bonds. The molecule has 5 nitrogen and oxygen atoms in total. The fourth-order valence-corrected chi connectivity index (χ4v) is 4.13. The van der Waals surface area contributed by atoms with Gasteiger partial charge < -0.3 is 15.0 Å². The largest absolute Gasteiger partial charge is 0.483 e. The first kappa shape index (κ1) is 26.9. The van der Waals surface area contributed by atoms with Crippen molar-refractivity contribution in [3.05, 3.63) is 64.1 Å². The molecule has 0 unspecified atom stereocenters. The maximum atomic E-state index is 13.3. The topological polar surface area (TPSA) is 58.6 Å². The Bertz CT molecular complexity index is 886. The summed E-state index contributed by atoms with van der Waals surface area (Å²) in [7, 11) is 0. The Morgan fingerprint density at radius 2 is 1.82 bits per heavy atom. The van der Waals surface area contributed by atoms with E-state index in [0.29, 0.717) is 37.6 Å². The number of benzene rings is 2. The molecule has 0 aliphatic carbocycles. The van der Waals surface area contributed by atoms with Crippen LogP contribution in [0.5, 0.6) is 5.75 Å². The summed E-state index contributed by atoms with van der Waals surface area (Å²) in [6, 6.07) is 15.4. The van der Waals surface area contributed by atoms with Crippen molar-refractivity contribution in [2.75, 3.05) is 19.7 Å². The van der Waals surface area contributed by atoms with E-state index in [4.69, 9.17) is 4.74 Å². The Kier molecular flexibility index (Phi) is 11.4. The third kappa shape index (κ3) is 8.50. The summed E-state index contributed by atoms with van der Waals surface area (Å²) in [6.07, 6.45) is 3.15. The number of carbonyl (C=O) groups excluding carboxylic acids is 2. The molecule has 2 aromatic rings. The molecule has 2 aromatic carbocycles. The highest BCUT2D eigenvalue weighted by Crippen LogP contribution is 2.29. The zero-order valence-corrected chi connectivity index (χ0v) is 21.9. The molecule has 0 aromatic heterocycles. The molecule has 0 aliphatic rings. The molecular weight excluding hydrogens is 480 g/mol. The minimum absolute atomic E-state index is 0.102. The third-order valence-corrected chi connectivity index (χ3v) is 6.29. The Balaban J connectivity index is 2.13. The van der Waals surface area contributed by atoms with Gasteiger partial charge in [-0.25, -0.2) is 0 Å². The maximum Gasteiger partial charge on any atom is 0.261 e. The van der Waals surface area contributed by atoms with Crippen molar-refractivity contribution in [1.82, 2.24) is 10.2 Å². The van der Waals surface area contributed by atoms with Gasteiger partial charge in [-0.15, -0.1) is 0 Å².